The summed E-state index contributed by atoms with van der Waals surface area (Å²) in [6.07, 6.45) is 0.858. The first-order valence-corrected chi connectivity index (χ1v) is 5.08. The highest BCUT2D eigenvalue weighted by molar-refractivity contribution is 5.06. The molecule has 2 N–H and O–H groups in total. The lowest BCUT2D eigenvalue weighted by molar-refractivity contribution is 0.423. The molecule has 4 heteroatoms. The van der Waals surface area contributed by atoms with Crippen molar-refractivity contribution in [3.8, 4) is 0 Å². The highest BCUT2D eigenvalue weighted by Crippen LogP contribution is 2.20. The van der Waals surface area contributed by atoms with E-state index in [4.69, 9.17) is 5.73 Å². The third-order valence-corrected chi connectivity index (χ3v) is 2.54. The number of hydrogen-bond donors (Lipinski definition) is 1. The van der Waals surface area contributed by atoms with Crippen LogP contribution >= 0.6 is 0 Å². The van der Waals surface area contributed by atoms with Crippen LogP contribution < -0.4 is 5.73 Å². The molecule has 0 aliphatic rings. The van der Waals surface area contributed by atoms with E-state index in [2.05, 4.69) is 30.9 Å². The maximum absolute atomic E-state index is 6.13. The minimum Gasteiger partial charge on any atom is -0.319 e. The van der Waals surface area contributed by atoms with Gasteiger partial charge in [0.2, 0.25) is 0 Å². The highest BCUT2D eigenvalue weighted by atomic mass is 15.3. The van der Waals surface area contributed by atoms with Crippen LogP contribution in [0.1, 0.15) is 51.7 Å². The second-order valence-corrected chi connectivity index (χ2v) is 4.34. The Kier molecular flexibility index (Phi) is 2.95. The lowest BCUT2D eigenvalue weighted by atomic mass is 10.00. The number of hydrogen-bond acceptors (Lipinski definition) is 3. The van der Waals surface area contributed by atoms with E-state index in [1.165, 1.54) is 0 Å². The molecule has 0 bridgehead atoms. The molecule has 0 aliphatic carbocycles. The van der Waals surface area contributed by atoms with Crippen LogP contribution in [0.25, 0.3) is 0 Å². The van der Waals surface area contributed by atoms with Crippen LogP contribution in [0.3, 0.4) is 0 Å². The Morgan fingerprint density at radius 2 is 2.07 bits per heavy atom. The Morgan fingerprint density at radius 3 is 2.43 bits per heavy atom. The van der Waals surface area contributed by atoms with Crippen molar-refractivity contribution in [2.45, 2.75) is 45.6 Å². The molecule has 0 aliphatic heterocycles. The molecule has 1 atom stereocenters. The van der Waals surface area contributed by atoms with Gasteiger partial charge in [0, 0.05) is 13.0 Å². The van der Waals surface area contributed by atoms with E-state index in [-0.39, 0.29) is 5.54 Å². The molecule has 0 saturated carbocycles. The van der Waals surface area contributed by atoms with E-state index in [0.29, 0.717) is 5.92 Å². The number of aromatic nitrogens is 3. The Hall–Kier alpha value is -0.900. The summed E-state index contributed by atoms with van der Waals surface area (Å²) in [7, 11) is 1.90. The standard InChI is InChI=1S/C10H20N4/c1-6-10(4,11)9-12-8(7(2)3)13-14(9)5/h7H,6,11H2,1-5H3. The van der Waals surface area contributed by atoms with Crippen molar-refractivity contribution < 1.29 is 0 Å². The Morgan fingerprint density at radius 1 is 1.50 bits per heavy atom. The second kappa shape index (κ2) is 3.69. The molecule has 1 aromatic heterocycles. The Labute approximate surface area is 85.5 Å². The van der Waals surface area contributed by atoms with E-state index in [9.17, 15) is 0 Å². The fraction of sp³-hybridized carbons (Fsp3) is 0.800. The summed E-state index contributed by atoms with van der Waals surface area (Å²) in [4.78, 5) is 4.48. The highest BCUT2D eigenvalue weighted by Gasteiger charge is 2.25. The summed E-state index contributed by atoms with van der Waals surface area (Å²) in [5.74, 6) is 2.08. The van der Waals surface area contributed by atoms with E-state index >= 15 is 0 Å². The predicted octanol–water partition coefficient (Wildman–Crippen LogP) is 1.52. The molecule has 0 spiro atoms. The fourth-order valence-corrected chi connectivity index (χ4v) is 1.30. The molecule has 1 unspecified atom stereocenters. The zero-order valence-electron chi connectivity index (χ0n) is 9.70. The van der Waals surface area contributed by atoms with E-state index in [1.807, 2.05) is 14.0 Å². The Bertz CT molecular complexity index is 312. The van der Waals surface area contributed by atoms with Crippen molar-refractivity contribution in [2.24, 2.45) is 12.8 Å². The summed E-state index contributed by atoms with van der Waals surface area (Å²) >= 11 is 0. The first-order valence-electron chi connectivity index (χ1n) is 5.08. The molecule has 1 rings (SSSR count). The van der Waals surface area contributed by atoms with Crippen molar-refractivity contribution in [3.05, 3.63) is 11.6 Å². The van der Waals surface area contributed by atoms with Crippen molar-refractivity contribution in [3.63, 3.8) is 0 Å². The van der Waals surface area contributed by atoms with Gasteiger partial charge in [-0.15, -0.1) is 0 Å². The first kappa shape index (κ1) is 11.2. The molecule has 0 amide bonds. The summed E-state index contributed by atoms with van der Waals surface area (Å²) in [6, 6.07) is 0. The van der Waals surface area contributed by atoms with Crippen LogP contribution in [0, 0.1) is 0 Å². The van der Waals surface area contributed by atoms with Crippen molar-refractivity contribution >= 4 is 0 Å². The molecule has 0 fully saturated rings. The lowest BCUT2D eigenvalue weighted by Crippen LogP contribution is -2.35. The van der Waals surface area contributed by atoms with Crippen molar-refractivity contribution in [2.75, 3.05) is 0 Å². The van der Waals surface area contributed by atoms with Gasteiger partial charge in [0.05, 0.1) is 5.54 Å². The molecule has 80 valence electrons. The zero-order valence-corrected chi connectivity index (χ0v) is 9.70. The third-order valence-electron chi connectivity index (χ3n) is 2.54. The normalized spacial score (nSPS) is 15.9. The van der Waals surface area contributed by atoms with Crippen molar-refractivity contribution in [1.82, 2.24) is 14.8 Å². The monoisotopic (exact) mass is 196 g/mol. The number of nitrogens with zero attached hydrogens (tertiary/aromatic N) is 3. The van der Waals surface area contributed by atoms with Gasteiger partial charge in [0.15, 0.2) is 5.82 Å². The lowest BCUT2D eigenvalue weighted by Gasteiger charge is -2.20. The number of aryl methyl sites for hydroxylation is 1. The summed E-state index contributed by atoms with van der Waals surface area (Å²) in [6.45, 7) is 8.21. The zero-order chi connectivity index (χ0) is 10.9. The smallest absolute Gasteiger partial charge is 0.153 e. The quantitative estimate of drug-likeness (QED) is 0.797. The number of nitrogens with two attached hydrogens (primary N) is 1. The van der Waals surface area contributed by atoms with Gasteiger partial charge in [-0.1, -0.05) is 20.8 Å². The minimum absolute atomic E-state index is 0.350. The molecule has 0 aromatic carbocycles. The predicted molar refractivity (Wildman–Crippen MR) is 56.9 cm³/mol. The average molecular weight is 196 g/mol. The third kappa shape index (κ3) is 1.95. The first-order chi connectivity index (χ1) is 6.38. The van der Waals surface area contributed by atoms with Gasteiger partial charge < -0.3 is 5.73 Å². The van der Waals surface area contributed by atoms with E-state index in [1.54, 1.807) is 4.68 Å². The molecule has 4 nitrogen and oxygen atoms in total. The molecule has 0 radical (unpaired) electrons. The van der Waals surface area contributed by atoms with Gasteiger partial charge in [-0.3, -0.25) is 4.68 Å². The van der Waals surface area contributed by atoms with Gasteiger partial charge in [0.1, 0.15) is 5.82 Å². The molecular formula is C10H20N4. The van der Waals surface area contributed by atoms with Crippen LogP contribution in [0.2, 0.25) is 0 Å². The maximum atomic E-state index is 6.13. The van der Waals surface area contributed by atoms with Gasteiger partial charge in [-0.05, 0) is 13.3 Å². The van der Waals surface area contributed by atoms with Crippen LogP contribution in [0.15, 0.2) is 0 Å². The van der Waals surface area contributed by atoms with E-state index < -0.39 is 0 Å². The van der Waals surface area contributed by atoms with Crippen LogP contribution in [-0.2, 0) is 12.6 Å². The molecule has 1 heterocycles. The van der Waals surface area contributed by atoms with Crippen molar-refractivity contribution in [1.29, 1.82) is 0 Å². The van der Waals surface area contributed by atoms with Gasteiger partial charge in [0.25, 0.3) is 0 Å². The van der Waals surface area contributed by atoms with Crippen LogP contribution in [0.5, 0.6) is 0 Å². The topological polar surface area (TPSA) is 56.7 Å². The van der Waals surface area contributed by atoms with Gasteiger partial charge in [-0.25, -0.2) is 4.98 Å². The van der Waals surface area contributed by atoms with Gasteiger partial charge in [-0.2, -0.15) is 5.10 Å². The SMILES string of the molecule is CCC(C)(N)c1nc(C(C)C)nn1C. The Balaban J connectivity index is 3.10. The molecule has 1 aromatic rings. The van der Waals surface area contributed by atoms with E-state index in [0.717, 1.165) is 18.1 Å². The maximum Gasteiger partial charge on any atom is 0.153 e. The minimum atomic E-state index is -0.380. The summed E-state index contributed by atoms with van der Waals surface area (Å²) in [5, 5.41) is 4.35. The van der Waals surface area contributed by atoms with Crippen LogP contribution in [-0.4, -0.2) is 14.8 Å². The fourth-order valence-electron chi connectivity index (χ4n) is 1.30. The molecule has 14 heavy (non-hydrogen) atoms. The summed E-state index contributed by atoms with van der Waals surface area (Å²) < 4.78 is 1.79. The molecule has 0 saturated heterocycles. The summed E-state index contributed by atoms with van der Waals surface area (Å²) in [5.41, 5.74) is 5.75. The molecular weight excluding hydrogens is 176 g/mol. The average Bonchev–Trinajstić information content (AvgIpc) is 2.48. The van der Waals surface area contributed by atoms with Gasteiger partial charge >= 0.3 is 0 Å². The largest absolute Gasteiger partial charge is 0.319 e. The number of rotatable bonds is 3. The van der Waals surface area contributed by atoms with Crippen LogP contribution in [0.4, 0.5) is 0 Å². The second-order valence-electron chi connectivity index (χ2n) is 4.34.